The van der Waals surface area contributed by atoms with Gasteiger partial charge >= 0.3 is 11.7 Å². The molecule has 0 bridgehead atoms. The van der Waals surface area contributed by atoms with Gasteiger partial charge in [0.1, 0.15) is 0 Å². The Balaban J connectivity index is 1.67. The van der Waals surface area contributed by atoms with E-state index in [2.05, 4.69) is 15.5 Å². The molecule has 0 aliphatic carbocycles. The molecule has 0 radical (unpaired) electrons. The fourth-order valence-electron chi connectivity index (χ4n) is 2.62. The summed E-state index contributed by atoms with van der Waals surface area (Å²) in [5.74, 6) is -1.34. The Morgan fingerprint density at radius 1 is 1.29 bits per heavy atom. The standard InChI is InChI=1S/C18H16N4O6/c1-10-7-14(22(25)26)15(27-2)8-13(10)19-16(23)9-28-18(24)17-11-5-3-4-6-12(11)20-21-17/h3-8H,9H2,1-2H3,(H,19,23)(H,20,21). The van der Waals surface area contributed by atoms with Crippen LogP contribution in [0.3, 0.4) is 0 Å². The number of hydrogen-bond acceptors (Lipinski definition) is 7. The van der Waals surface area contributed by atoms with E-state index in [1.807, 2.05) is 0 Å². The first-order valence-corrected chi connectivity index (χ1v) is 8.13. The molecule has 28 heavy (non-hydrogen) atoms. The molecule has 1 heterocycles. The van der Waals surface area contributed by atoms with Gasteiger partial charge in [0.15, 0.2) is 18.1 Å². The number of hydrogen-bond donors (Lipinski definition) is 2. The smallest absolute Gasteiger partial charge is 0.359 e. The van der Waals surface area contributed by atoms with Crippen LogP contribution < -0.4 is 10.1 Å². The molecule has 3 aromatic rings. The maximum absolute atomic E-state index is 12.2. The Labute approximate surface area is 158 Å². The number of aromatic nitrogens is 2. The van der Waals surface area contributed by atoms with E-state index in [-0.39, 0.29) is 17.1 Å². The molecule has 144 valence electrons. The van der Waals surface area contributed by atoms with Gasteiger partial charge in [-0.15, -0.1) is 0 Å². The first kappa shape index (κ1) is 18.8. The number of H-pyrrole nitrogens is 1. The number of aromatic amines is 1. The lowest BCUT2D eigenvalue weighted by molar-refractivity contribution is -0.385. The van der Waals surface area contributed by atoms with E-state index in [1.54, 1.807) is 31.2 Å². The summed E-state index contributed by atoms with van der Waals surface area (Å²) in [6.45, 7) is 1.06. The number of fused-ring (bicyclic) bond motifs is 1. The minimum Gasteiger partial charge on any atom is -0.490 e. The number of anilines is 1. The van der Waals surface area contributed by atoms with Gasteiger partial charge in [0, 0.05) is 23.2 Å². The highest BCUT2D eigenvalue weighted by Gasteiger charge is 2.20. The van der Waals surface area contributed by atoms with E-state index >= 15 is 0 Å². The minimum atomic E-state index is -0.745. The molecule has 0 saturated carbocycles. The predicted octanol–water partition coefficient (Wildman–Crippen LogP) is 2.58. The molecule has 0 spiro atoms. The fourth-order valence-corrected chi connectivity index (χ4v) is 2.62. The van der Waals surface area contributed by atoms with Crippen molar-refractivity contribution < 1.29 is 24.0 Å². The molecule has 10 nitrogen and oxygen atoms in total. The zero-order chi connectivity index (χ0) is 20.3. The average molecular weight is 384 g/mol. The van der Waals surface area contributed by atoms with Crippen LogP contribution in [0.4, 0.5) is 11.4 Å². The van der Waals surface area contributed by atoms with Crippen LogP contribution >= 0.6 is 0 Å². The third-order valence-electron chi connectivity index (χ3n) is 3.99. The number of nitro benzene ring substituents is 1. The molecule has 0 aliphatic rings. The van der Waals surface area contributed by atoms with Crippen molar-refractivity contribution in [2.24, 2.45) is 0 Å². The van der Waals surface area contributed by atoms with Crippen molar-refractivity contribution in [2.45, 2.75) is 6.92 Å². The summed E-state index contributed by atoms with van der Waals surface area (Å²) in [5, 5.41) is 20.8. The summed E-state index contributed by atoms with van der Waals surface area (Å²) in [4.78, 5) is 34.8. The quantitative estimate of drug-likeness (QED) is 0.378. The Hall–Kier alpha value is -3.95. The summed E-state index contributed by atoms with van der Waals surface area (Å²) in [5.41, 5.74) is 1.32. The Kier molecular flexibility index (Phi) is 5.21. The number of benzene rings is 2. The number of esters is 1. The summed E-state index contributed by atoms with van der Waals surface area (Å²) in [6.07, 6.45) is 0. The third-order valence-corrected chi connectivity index (χ3v) is 3.99. The molecule has 10 heteroatoms. The summed E-state index contributed by atoms with van der Waals surface area (Å²) in [6, 6.07) is 9.65. The topological polar surface area (TPSA) is 136 Å². The van der Waals surface area contributed by atoms with E-state index in [0.29, 0.717) is 22.2 Å². The zero-order valence-electron chi connectivity index (χ0n) is 15.0. The lowest BCUT2D eigenvalue weighted by atomic mass is 10.1. The number of carbonyl (C=O) groups is 2. The number of nitro groups is 1. The molecule has 0 fully saturated rings. The largest absolute Gasteiger partial charge is 0.490 e. The van der Waals surface area contributed by atoms with Crippen molar-refractivity contribution in [3.8, 4) is 5.75 Å². The maximum Gasteiger partial charge on any atom is 0.359 e. The number of ether oxygens (including phenoxy) is 2. The zero-order valence-corrected chi connectivity index (χ0v) is 15.0. The van der Waals surface area contributed by atoms with E-state index in [9.17, 15) is 19.7 Å². The van der Waals surface area contributed by atoms with Gasteiger partial charge in [-0.3, -0.25) is 20.0 Å². The third kappa shape index (κ3) is 3.75. The molecular weight excluding hydrogens is 368 g/mol. The molecule has 1 amide bonds. The molecule has 1 aromatic heterocycles. The number of rotatable bonds is 6. The molecule has 0 saturated heterocycles. The number of para-hydroxylation sites is 1. The van der Waals surface area contributed by atoms with E-state index < -0.39 is 23.4 Å². The Bertz CT molecular complexity index is 1080. The normalized spacial score (nSPS) is 10.5. The molecule has 3 rings (SSSR count). The molecule has 0 atom stereocenters. The molecule has 2 N–H and O–H groups in total. The summed E-state index contributed by atoms with van der Waals surface area (Å²) >= 11 is 0. The van der Waals surface area contributed by atoms with Crippen molar-refractivity contribution in [3.63, 3.8) is 0 Å². The lowest BCUT2D eigenvalue weighted by Crippen LogP contribution is -2.21. The second-order valence-electron chi connectivity index (χ2n) is 5.84. The first-order chi connectivity index (χ1) is 13.4. The van der Waals surface area contributed by atoms with Crippen molar-refractivity contribution in [2.75, 3.05) is 19.0 Å². The monoisotopic (exact) mass is 384 g/mol. The van der Waals surface area contributed by atoms with Gasteiger partial charge in [-0.1, -0.05) is 18.2 Å². The average Bonchev–Trinajstić information content (AvgIpc) is 3.11. The number of nitrogens with zero attached hydrogens (tertiary/aromatic N) is 2. The van der Waals surface area contributed by atoms with Crippen LogP contribution in [-0.4, -0.2) is 40.7 Å². The number of aryl methyl sites for hydroxylation is 1. The maximum atomic E-state index is 12.2. The van der Waals surface area contributed by atoms with Crippen LogP contribution in [0.5, 0.6) is 5.75 Å². The second-order valence-corrected chi connectivity index (χ2v) is 5.84. The molecule has 2 aromatic carbocycles. The van der Waals surface area contributed by atoms with Crippen molar-refractivity contribution in [3.05, 3.63) is 57.8 Å². The number of amides is 1. The van der Waals surface area contributed by atoms with Crippen molar-refractivity contribution >= 4 is 34.2 Å². The van der Waals surface area contributed by atoms with Gasteiger partial charge < -0.3 is 14.8 Å². The van der Waals surface area contributed by atoms with Gasteiger partial charge in [-0.2, -0.15) is 5.10 Å². The Morgan fingerprint density at radius 2 is 2.04 bits per heavy atom. The molecule has 0 aliphatic heterocycles. The highest BCUT2D eigenvalue weighted by molar-refractivity contribution is 6.03. The van der Waals surface area contributed by atoms with Gasteiger partial charge in [-0.05, 0) is 18.6 Å². The predicted molar refractivity (Wildman–Crippen MR) is 99.4 cm³/mol. The minimum absolute atomic E-state index is 0.00545. The van der Waals surface area contributed by atoms with Gasteiger partial charge in [0.2, 0.25) is 0 Å². The van der Waals surface area contributed by atoms with Crippen LogP contribution in [-0.2, 0) is 9.53 Å². The van der Waals surface area contributed by atoms with E-state index in [4.69, 9.17) is 9.47 Å². The molecule has 0 unspecified atom stereocenters. The van der Waals surface area contributed by atoms with Crippen LogP contribution in [0, 0.1) is 17.0 Å². The van der Waals surface area contributed by atoms with Crippen molar-refractivity contribution in [1.29, 1.82) is 0 Å². The van der Waals surface area contributed by atoms with Crippen LogP contribution in [0.15, 0.2) is 36.4 Å². The highest BCUT2D eigenvalue weighted by Crippen LogP contribution is 2.32. The van der Waals surface area contributed by atoms with E-state index in [1.165, 1.54) is 19.2 Å². The number of methoxy groups -OCH3 is 1. The van der Waals surface area contributed by atoms with Crippen molar-refractivity contribution in [1.82, 2.24) is 10.2 Å². The van der Waals surface area contributed by atoms with E-state index in [0.717, 1.165) is 0 Å². The number of carbonyl (C=O) groups excluding carboxylic acids is 2. The number of nitrogens with one attached hydrogen (secondary N) is 2. The SMILES string of the molecule is COc1cc(NC(=O)COC(=O)c2n[nH]c3ccccc23)c(C)cc1[N+](=O)[O-]. The highest BCUT2D eigenvalue weighted by atomic mass is 16.6. The van der Waals surface area contributed by atoms with Crippen LogP contribution in [0.25, 0.3) is 10.9 Å². The first-order valence-electron chi connectivity index (χ1n) is 8.13. The van der Waals surface area contributed by atoms with Crippen LogP contribution in [0.2, 0.25) is 0 Å². The van der Waals surface area contributed by atoms with Gasteiger partial charge in [-0.25, -0.2) is 4.79 Å². The fraction of sp³-hybridized carbons (Fsp3) is 0.167. The van der Waals surface area contributed by atoms with Gasteiger partial charge in [0.05, 0.1) is 17.5 Å². The lowest BCUT2D eigenvalue weighted by Gasteiger charge is -2.11. The summed E-state index contributed by atoms with van der Waals surface area (Å²) < 4.78 is 10.00. The van der Waals surface area contributed by atoms with Gasteiger partial charge in [0.25, 0.3) is 5.91 Å². The summed E-state index contributed by atoms with van der Waals surface area (Å²) in [7, 11) is 1.29. The second kappa shape index (κ2) is 7.74. The van der Waals surface area contributed by atoms with Crippen LogP contribution in [0.1, 0.15) is 16.1 Å². The molecular formula is C18H16N4O6. The Morgan fingerprint density at radius 3 is 2.75 bits per heavy atom.